The van der Waals surface area contributed by atoms with E-state index in [4.69, 9.17) is 4.74 Å². The van der Waals surface area contributed by atoms with Crippen molar-refractivity contribution in [1.29, 1.82) is 0 Å². The van der Waals surface area contributed by atoms with Crippen molar-refractivity contribution in [1.82, 2.24) is 0 Å². The molecule has 3 nitrogen and oxygen atoms in total. The number of rotatable bonds is 17. The highest BCUT2D eigenvalue weighted by Crippen LogP contribution is 2.12. The molecule has 158 valence electrons. The third-order valence-electron chi connectivity index (χ3n) is 5.01. The number of esters is 1. The first-order chi connectivity index (χ1) is 13.7. The molecule has 0 aliphatic heterocycles. The Hall–Kier alpha value is -1.61. The zero-order chi connectivity index (χ0) is 20.3. The van der Waals surface area contributed by atoms with Crippen LogP contribution in [0.15, 0.2) is 42.5 Å². The first kappa shape index (κ1) is 24.4. The highest BCUT2D eigenvalue weighted by molar-refractivity contribution is 5.76. The number of carbonyl (C=O) groups excluding carboxylic acids is 1. The van der Waals surface area contributed by atoms with E-state index in [1.54, 1.807) is 6.08 Å². The number of carbonyl (C=O) groups is 1. The largest absolute Gasteiger partial charge is 0.459 e. The van der Waals surface area contributed by atoms with Gasteiger partial charge in [0, 0.05) is 0 Å². The predicted molar refractivity (Wildman–Crippen MR) is 117 cm³/mol. The molecule has 0 bridgehead atoms. The lowest BCUT2D eigenvalue weighted by Gasteiger charge is -2.07. The Labute approximate surface area is 172 Å². The van der Waals surface area contributed by atoms with E-state index in [0.717, 1.165) is 18.4 Å². The average molecular weight is 389 g/mol. The van der Waals surface area contributed by atoms with Crippen LogP contribution in [0.1, 0.15) is 96.0 Å². The Kier molecular flexibility index (Phi) is 15.3. The van der Waals surface area contributed by atoms with Crippen molar-refractivity contribution in [2.24, 2.45) is 0 Å². The summed E-state index contributed by atoms with van der Waals surface area (Å²) in [5, 5.41) is 9.83. The molecule has 0 aromatic heterocycles. The number of aliphatic hydroxyl groups excluding tert-OH is 1. The molecule has 28 heavy (non-hydrogen) atoms. The molecule has 0 heterocycles. The smallest absolute Gasteiger partial charge is 0.339 e. The number of allylic oxidation sites excluding steroid dienone is 1. The van der Waals surface area contributed by atoms with Crippen LogP contribution in [0.2, 0.25) is 0 Å². The van der Waals surface area contributed by atoms with Crippen LogP contribution in [0.4, 0.5) is 0 Å². The van der Waals surface area contributed by atoms with E-state index in [2.05, 4.69) is 6.92 Å². The van der Waals surface area contributed by atoms with Gasteiger partial charge in [-0.1, -0.05) is 114 Å². The minimum absolute atomic E-state index is 0.198. The molecule has 1 N–H and O–H groups in total. The molecule has 0 aliphatic carbocycles. The average Bonchev–Trinajstić information content (AvgIpc) is 2.72. The van der Waals surface area contributed by atoms with Crippen molar-refractivity contribution >= 4 is 5.97 Å². The van der Waals surface area contributed by atoms with Crippen molar-refractivity contribution in [2.45, 2.75) is 103 Å². The predicted octanol–water partition coefficient (Wildman–Crippen LogP) is 6.74. The monoisotopic (exact) mass is 388 g/mol. The van der Waals surface area contributed by atoms with Crippen LogP contribution in [-0.4, -0.2) is 17.2 Å². The first-order valence-corrected chi connectivity index (χ1v) is 11.3. The maximum Gasteiger partial charge on any atom is 0.339 e. The van der Waals surface area contributed by atoms with Crippen molar-refractivity contribution in [3.63, 3.8) is 0 Å². The molecular formula is C25H40O3. The third-order valence-corrected chi connectivity index (χ3v) is 5.01. The van der Waals surface area contributed by atoms with Crippen LogP contribution < -0.4 is 0 Å². The summed E-state index contributed by atoms with van der Waals surface area (Å²) in [6, 6.07) is 9.49. The van der Waals surface area contributed by atoms with Gasteiger partial charge >= 0.3 is 5.97 Å². The van der Waals surface area contributed by atoms with Crippen molar-refractivity contribution in [3.05, 3.63) is 48.0 Å². The van der Waals surface area contributed by atoms with Gasteiger partial charge in [-0.3, -0.25) is 0 Å². The summed E-state index contributed by atoms with van der Waals surface area (Å²) in [6.45, 7) is 2.46. The van der Waals surface area contributed by atoms with Crippen molar-refractivity contribution < 1.29 is 14.6 Å². The van der Waals surface area contributed by atoms with E-state index < -0.39 is 12.1 Å². The van der Waals surface area contributed by atoms with Gasteiger partial charge in [0.2, 0.25) is 0 Å². The lowest BCUT2D eigenvalue weighted by molar-refractivity contribution is -0.152. The van der Waals surface area contributed by atoms with Gasteiger partial charge in [-0.05, 0) is 24.5 Å². The minimum Gasteiger partial charge on any atom is -0.459 e. The SMILES string of the molecule is CCCCCCCCCCCCCC/C=C/[C@@H](O)C(=O)OCc1ccccc1. The molecule has 1 rings (SSSR count). The summed E-state index contributed by atoms with van der Waals surface area (Å²) in [5.41, 5.74) is 0.920. The van der Waals surface area contributed by atoms with E-state index >= 15 is 0 Å². The highest BCUT2D eigenvalue weighted by Gasteiger charge is 2.12. The molecule has 0 saturated carbocycles. The zero-order valence-electron chi connectivity index (χ0n) is 17.8. The zero-order valence-corrected chi connectivity index (χ0v) is 17.8. The summed E-state index contributed by atoms with van der Waals surface area (Å²) in [4.78, 5) is 11.8. The molecule has 1 atom stereocenters. The fraction of sp³-hybridized carbons (Fsp3) is 0.640. The number of hydrogen-bond donors (Lipinski definition) is 1. The van der Waals surface area contributed by atoms with Gasteiger partial charge in [0.1, 0.15) is 6.61 Å². The van der Waals surface area contributed by atoms with Crippen LogP contribution >= 0.6 is 0 Å². The minimum atomic E-state index is -1.17. The first-order valence-electron chi connectivity index (χ1n) is 11.3. The molecule has 0 aliphatic rings. The van der Waals surface area contributed by atoms with Gasteiger partial charge in [0.15, 0.2) is 6.10 Å². The van der Waals surface area contributed by atoms with Gasteiger partial charge in [-0.2, -0.15) is 0 Å². The number of unbranched alkanes of at least 4 members (excludes halogenated alkanes) is 12. The van der Waals surface area contributed by atoms with E-state index in [1.807, 2.05) is 36.4 Å². The third kappa shape index (κ3) is 13.5. The van der Waals surface area contributed by atoms with E-state index in [0.29, 0.717) is 0 Å². The summed E-state index contributed by atoms with van der Waals surface area (Å²) in [6.07, 6.45) is 19.2. The summed E-state index contributed by atoms with van der Waals surface area (Å²) < 4.78 is 5.12. The lowest BCUT2D eigenvalue weighted by atomic mass is 10.0. The molecule has 0 amide bonds. The van der Waals surface area contributed by atoms with Gasteiger partial charge in [-0.25, -0.2) is 4.79 Å². The fourth-order valence-electron chi connectivity index (χ4n) is 3.22. The van der Waals surface area contributed by atoms with Gasteiger partial charge in [-0.15, -0.1) is 0 Å². The molecule has 0 fully saturated rings. The Morgan fingerprint density at radius 1 is 0.893 bits per heavy atom. The maximum absolute atomic E-state index is 11.8. The number of benzene rings is 1. The van der Waals surface area contributed by atoms with E-state index in [1.165, 1.54) is 70.6 Å². The Morgan fingerprint density at radius 2 is 1.43 bits per heavy atom. The molecule has 0 spiro atoms. The maximum atomic E-state index is 11.8. The number of aliphatic hydroxyl groups is 1. The Bertz CT molecular complexity index is 510. The van der Waals surface area contributed by atoms with Crippen molar-refractivity contribution in [3.8, 4) is 0 Å². The highest BCUT2D eigenvalue weighted by atomic mass is 16.5. The molecule has 0 saturated heterocycles. The van der Waals surface area contributed by atoms with Crippen LogP contribution in [0.5, 0.6) is 0 Å². The molecular weight excluding hydrogens is 348 g/mol. The topological polar surface area (TPSA) is 46.5 Å². The van der Waals surface area contributed by atoms with Crippen LogP contribution in [0.3, 0.4) is 0 Å². The van der Waals surface area contributed by atoms with Crippen LogP contribution in [0.25, 0.3) is 0 Å². The second-order valence-electron chi connectivity index (χ2n) is 7.64. The quantitative estimate of drug-likeness (QED) is 0.183. The Morgan fingerprint density at radius 3 is 2.00 bits per heavy atom. The van der Waals surface area contributed by atoms with Crippen molar-refractivity contribution in [2.75, 3.05) is 0 Å². The number of hydrogen-bond acceptors (Lipinski definition) is 3. The van der Waals surface area contributed by atoms with E-state index in [-0.39, 0.29) is 6.61 Å². The standard InChI is InChI=1S/C25H40O3/c1-2-3-4-5-6-7-8-9-10-11-12-13-14-18-21-24(26)25(27)28-22-23-19-16-15-17-20-23/h15-21,24,26H,2-14,22H2,1H3/b21-18+/t24-/m1/s1. The molecule has 1 aromatic carbocycles. The molecule has 3 heteroatoms. The summed E-state index contributed by atoms with van der Waals surface area (Å²) in [7, 11) is 0. The second kappa shape index (κ2) is 17.5. The van der Waals surface area contributed by atoms with Crippen LogP contribution in [-0.2, 0) is 16.1 Å². The molecule has 0 unspecified atom stereocenters. The molecule has 1 aromatic rings. The van der Waals surface area contributed by atoms with Gasteiger partial charge < -0.3 is 9.84 Å². The number of ether oxygens (including phenoxy) is 1. The fourth-order valence-corrected chi connectivity index (χ4v) is 3.22. The second-order valence-corrected chi connectivity index (χ2v) is 7.64. The van der Waals surface area contributed by atoms with Gasteiger partial charge in [0.05, 0.1) is 0 Å². The Balaban J connectivity index is 1.92. The summed E-state index contributed by atoms with van der Waals surface area (Å²) in [5.74, 6) is -0.588. The summed E-state index contributed by atoms with van der Waals surface area (Å²) >= 11 is 0. The van der Waals surface area contributed by atoms with Gasteiger partial charge in [0.25, 0.3) is 0 Å². The lowest BCUT2D eigenvalue weighted by Crippen LogP contribution is -2.20. The molecule has 0 radical (unpaired) electrons. The van der Waals surface area contributed by atoms with Crippen LogP contribution in [0, 0.1) is 0 Å². The van der Waals surface area contributed by atoms with E-state index in [9.17, 15) is 9.90 Å². The normalized spacial score (nSPS) is 12.4.